The number of benzene rings is 1. The molecule has 2 aromatic rings. The van der Waals surface area contributed by atoms with E-state index in [0.29, 0.717) is 25.9 Å². The number of alkyl halides is 3. The molecule has 1 aliphatic rings. The summed E-state index contributed by atoms with van der Waals surface area (Å²) in [7, 11) is 0. The number of carbonyl (C=O) groups is 2. The Labute approximate surface area is 152 Å². The number of nitrogens with zero attached hydrogens (tertiary/aromatic N) is 4. The van der Waals surface area contributed by atoms with Crippen LogP contribution in [0.1, 0.15) is 35.3 Å². The molecule has 1 aliphatic heterocycles. The lowest BCUT2D eigenvalue weighted by Crippen LogP contribution is -2.39. The van der Waals surface area contributed by atoms with Gasteiger partial charge in [-0.15, -0.1) is 5.10 Å². The van der Waals surface area contributed by atoms with Crippen molar-refractivity contribution in [2.75, 3.05) is 13.1 Å². The van der Waals surface area contributed by atoms with Crippen molar-refractivity contribution in [3.8, 4) is 5.69 Å². The van der Waals surface area contributed by atoms with Crippen molar-refractivity contribution in [3.63, 3.8) is 0 Å². The second kappa shape index (κ2) is 7.37. The Morgan fingerprint density at radius 3 is 2.48 bits per heavy atom. The number of para-hydroxylation sites is 1. The monoisotopic (exact) mass is 382 g/mol. The van der Waals surface area contributed by atoms with E-state index in [1.165, 1.54) is 29.3 Å². The second-order valence-electron chi connectivity index (χ2n) is 6.40. The van der Waals surface area contributed by atoms with Crippen molar-refractivity contribution in [1.29, 1.82) is 0 Å². The molecule has 1 saturated heterocycles. The first-order valence-electron chi connectivity index (χ1n) is 8.35. The average molecular weight is 382 g/mol. The maximum atomic E-state index is 13.1. The molecular weight excluding hydrogens is 365 g/mol. The van der Waals surface area contributed by atoms with E-state index in [-0.39, 0.29) is 23.7 Å². The van der Waals surface area contributed by atoms with Gasteiger partial charge < -0.3 is 10.0 Å². The molecule has 10 heteroatoms. The zero-order valence-electron chi connectivity index (χ0n) is 14.2. The van der Waals surface area contributed by atoms with Crippen molar-refractivity contribution in [1.82, 2.24) is 19.9 Å². The molecule has 0 aliphatic carbocycles. The van der Waals surface area contributed by atoms with Crippen molar-refractivity contribution in [2.24, 2.45) is 5.92 Å². The zero-order valence-corrected chi connectivity index (χ0v) is 14.2. The van der Waals surface area contributed by atoms with Gasteiger partial charge in [-0.3, -0.25) is 9.59 Å². The quantitative estimate of drug-likeness (QED) is 0.878. The fourth-order valence-electron chi connectivity index (χ4n) is 3.14. The Balaban J connectivity index is 1.74. The van der Waals surface area contributed by atoms with Gasteiger partial charge >= 0.3 is 12.1 Å². The van der Waals surface area contributed by atoms with E-state index in [9.17, 15) is 22.8 Å². The van der Waals surface area contributed by atoms with Crippen molar-refractivity contribution < 1.29 is 27.9 Å². The highest BCUT2D eigenvalue weighted by molar-refractivity contribution is 5.92. The number of rotatable bonds is 4. The fourth-order valence-corrected chi connectivity index (χ4v) is 3.14. The third kappa shape index (κ3) is 4.26. The van der Waals surface area contributed by atoms with Gasteiger partial charge in [0.15, 0.2) is 5.69 Å². The van der Waals surface area contributed by atoms with Gasteiger partial charge in [-0.1, -0.05) is 17.3 Å². The van der Waals surface area contributed by atoms with Gasteiger partial charge in [0.05, 0.1) is 17.4 Å². The summed E-state index contributed by atoms with van der Waals surface area (Å²) >= 11 is 0. The Morgan fingerprint density at radius 1 is 1.19 bits per heavy atom. The Morgan fingerprint density at radius 2 is 1.85 bits per heavy atom. The Hall–Kier alpha value is -2.91. The lowest BCUT2D eigenvalue weighted by Gasteiger charge is -2.30. The number of aliphatic carboxylic acids is 1. The van der Waals surface area contributed by atoms with Gasteiger partial charge in [0.1, 0.15) is 0 Å². The summed E-state index contributed by atoms with van der Waals surface area (Å²) in [4.78, 5) is 24.8. The number of amides is 1. The highest BCUT2D eigenvalue weighted by Gasteiger charge is 2.34. The SMILES string of the molecule is O=C(O)CC1CCN(C(=O)c2cn(-c3ccccc3C(F)(F)F)nn2)CC1. The summed E-state index contributed by atoms with van der Waals surface area (Å²) in [5, 5.41) is 16.2. The van der Waals surface area contributed by atoms with Crippen LogP contribution in [0.5, 0.6) is 0 Å². The third-order valence-corrected chi connectivity index (χ3v) is 4.53. The number of hydrogen-bond acceptors (Lipinski definition) is 4. The highest BCUT2D eigenvalue weighted by Crippen LogP contribution is 2.33. The number of carbonyl (C=O) groups excluding carboxylic acids is 1. The van der Waals surface area contributed by atoms with Crippen molar-refractivity contribution >= 4 is 11.9 Å². The number of likely N-dealkylation sites (tertiary alicyclic amines) is 1. The van der Waals surface area contributed by atoms with Crippen LogP contribution < -0.4 is 0 Å². The molecule has 0 unspecified atom stereocenters. The van der Waals surface area contributed by atoms with Crippen LogP contribution in [0, 0.1) is 5.92 Å². The van der Waals surface area contributed by atoms with Gasteiger partial charge in [0.25, 0.3) is 5.91 Å². The molecule has 1 aromatic carbocycles. The molecule has 0 atom stereocenters. The van der Waals surface area contributed by atoms with E-state index >= 15 is 0 Å². The number of carboxylic acids is 1. The lowest BCUT2D eigenvalue weighted by molar-refractivity contribution is -0.139. The predicted molar refractivity (Wildman–Crippen MR) is 87.2 cm³/mol. The molecule has 0 spiro atoms. The van der Waals surface area contributed by atoms with Crippen LogP contribution in [-0.2, 0) is 11.0 Å². The van der Waals surface area contributed by atoms with Gasteiger partial charge in [0.2, 0.25) is 0 Å². The minimum Gasteiger partial charge on any atom is -0.481 e. The van der Waals surface area contributed by atoms with Crippen LogP contribution in [0.4, 0.5) is 13.2 Å². The van der Waals surface area contributed by atoms with Crippen molar-refractivity contribution in [2.45, 2.75) is 25.4 Å². The molecule has 7 nitrogen and oxygen atoms in total. The summed E-state index contributed by atoms with van der Waals surface area (Å²) < 4.78 is 40.4. The first-order chi connectivity index (χ1) is 12.8. The van der Waals surface area contributed by atoms with Crippen LogP contribution in [0.25, 0.3) is 5.69 Å². The minimum absolute atomic E-state index is 0.0147. The average Bonchev–Trinajstić information content (AvgIpc) is 3.10. The van der Waals surface area contributed by atoms with Crippen LogP contribution in [-0.4, -0.2) is 50.0 Å². The van der Waals surface area contributed by atoms with E-state index in [1.807, 2.05) is 0 Å². The largest absolute Gasteiger partial charge is 0.481 e. The first-order valence-corrected chi connectivity index (χ1v) is 8.35. The smallest absolute Gasteiger partial charge is 0.418 e. The molecule has 0 saturated carbocycles. The maximum Gasteiger partial charge on any atom is 0.418 e. The Kier molecular flexibility index (Phi) is 5.15. The topological polar surface area (TPSA) is 88.3 Å². The molecule has 0 bridgehead atoms. The fraction of sp³-hybridized carbons (Fsp3) is 0.412. The van der Waals surface area contributed by atoms with E-state index in [2.05, 4.69) is 10.3 Å². The van der Waals surface area contributed by atoms with E-state index in [4.69, 9.17) is 5.11 Å². The molecule has 2 heterocycles. The molecular formula is C17H17F3N4O3. The molecule has 0 radical (unpaired) electrons. The van der Waals surface area contributed by atoms with E-state index in [1.54, 1.807) is 0 Å². The summed E-state index contributed by atoms with van der Waals surface area (Å²) in [6, 6.07) is 4.91. The highest BCUT2D eigenvalue weighted by atomic mass is 19.4. The summed E-state index contributed by atoms with van der Waals surface area (Å²) in [6.07, 6.45) is -2.20. The molecule has 1 aromatic heterocycles. The zero-order chi connectivity index (χ0) is 19.6. The molecule has 144 valence electrons. The van der Waals surface area contributed by atoms with Crippen LogP contribution in [0.3, 0.4) is 0 Å². The number of piperidine rings is 1. The second-order valence-corrected chi connectivity index (χ2v) is 6.40. The van der Waals surface area contributed by atoms with Crippen molar-refractivity contribution in [3.05, 3.63) is 41.7 Å². The third-order valence-electron chi connectivity index (χ3n) is 4.53. The molecule has 1 fully saturated rings. The van der Waals surface area contributed by atoms with Crippen LogP contribution in [0.15, 0.2) is 30.5 Å². The number of carboxylic acid groups (broad SMARTS) is 1. The lowest BCUT2D eigenvalue weighted by atomic mass is 9.93. The van der Waals surface area contributed by atoms with Crippen LogP contribution in [0.2, 0.25) is 0 Å². The molecule has 27 heavy (non-hydrogen) atoms. The van der Waals surface area contributed by atoms with Gasteiger partial charge in [0, 0.05) is 19.5 Å². The van der Waals surface area contributed by atoms with E-state index in [0.717, 1.165) is 10.7 Å². The molecule has 1 N–H and O–H groups in total. The predicted octanol–water partition coefficient (Wildman–Crippen LogP) is 2.61. The number of hydrogen-bond donors (Lipinski definition) is 1. The van der Waals surface area contributed by atoms with Gasteiger partial charge in [-0.05, 0) is 30.9 Å². The van der Waals surface area contributed by atoms with Crippen LogP contribution >= 0.6 is 0 Å². The number of aromatic nitrogens is 3. The summed E-state index contributed by atoms with van der Waals surface area (Å²) in [5.41, 5.74) is -1.14. The normalized spacial score (nSPS) is 15.7. The summed E-state index contributed by atoms with van der Waals surface area (Å²) in [6.45, 7) is 0.756. The van der Waals surface area contributed by atoms with Gasteiger partial charge in [-0.25, -0.2) is 4.68 Å². The minimum atomic E-state index is -4.56. The Bertz CT molecular complexity index is 842. The standard InChI is InChI=1S/C17H17F3N4O3/c18-17(19,20)12-3-1-2-4-14(12)24-10-13(21-22-24)16(27)23-7-5-11(6-8-23)9-15(25)26/h1-4,10-11H,5-9H2,(H,25,26). The number of halogens is 3. The summed E-state index contributed by atoms with van der Waals surface area (Å²) in [5.74, 6) is -1.29. The molecule has 1 amide bonds. The van der Waals surface area contributed by atoms with Gasteiger partial charge in [-0.2, -0.15) is 13.2 Å². The van der Waals surface area contributed by atoms with E-state index < -0.39 is 23.6 Å². The first kappa shape index (κ1) is 18.9. The molecule has 3 rings (SSSR count). The maximum absolute atomic E-state index is 13.1.